The van der Waals surface area contributed by atoms with E-state index in [1.807, 2.05) is 0 Å². The summed E-state index contributed by atoms with van der Waals surface area (Å²) in [6, 6.07) is 1.60. The van der Waals surface area contributed by atoms with Crippen molar-refractivity contribution in [2.45, 2.75) is 38.1 Å². The molecule has 1 aliphatic rings. The highest BCUT2D eigenvalue weighted by Gasteiger charge is 2.38. The van der Waals surface area contributed by atoms with E-state index >= 15 is 0 Å². The molecule has 98 valence electrons. The molecule has 6 heteroatoms. The predicted molar refractivity (Wildman–Crippen MR) is 70.2 cm³/mol. The minimum atomic E-state index is -0.797. The molecule has 0 aromatic carbocycles. The Bertz CT molecular complexity index is 453. The molecule has 2 unspecified atom stereocenters. The second kappa shape index (κ2) is 5.20. The fourth-order valence-corrected chi connectivity index (χ4v) is 2.59. The molecular weight excluding hydrogens is 252 g/mol. The van der Waals surface area contributed by atoms with Gasteiger partial charge in [-0.3, -0.25) is 4.79 Å². The van der Waals surface area contributed by atoms with E-state index in [0.29, 0.717) is 24.6 Å². The summed E-state index contributed by atoms with van der Waals surface area (Å²) in [4.78, 5) is 19.9. The highest BCUT2D eigenvalue weighted by Crippen LogP contribution is 2.31. The number of nitrogens with two attached hydrogens (primary N) is 1. The van der Waals surface area contributed by atoms with Crippen molar-refractivity contribution in [3.63, 3.8) is 0 Å². The van der Waals surface area contributed by atoms with Crippen molar-refractivity contribution >= 4 is 23.3 Å². The molecule has 1 amide bonds. The van der Waals surface area contributed by atoms with Crippen molar-refractivity contribution in [3.8, 4) is 0 Å². The normalized spacial score (nSPS) is 27.8. The smallest absolute Gasteiger partial charge is 0.245 e. The summed E-state index contributed by atoms with van der Waals surface area (Å²) >= 11 is 5.67. The van der Waals surface area contributed by atoms with Gasteiger partial charge in [0.2, 0.25) is 11.2 Å². The molecule has 1 aromatic rings. The van der Waals surface area contributed by atoms with Gasteiger partial charge in [-0.05, 0) is 36.4 Å². The van der Waals surface area contributed by atoms with Crippen LogP contribution in [0.4, 0.5) is 5.82 Å². The molecule has 1 heterocycles. The van der Waals surface area contributed by atoms with Crippen LogP contribution >= 0.6 is 11.6 Å². The first kappa shape index (κ1) is 13.2. The van der Waals surface area contributed by atoms with Crippen LogP contribution in [0.15, 0.2) is 12.3 Å². The van der Waals surface area contributed by atoms with Crippen LogP contribution < -0.4 is 11.1 Å². The molecule has 0 aliphatic heterocycles. The van der Waals surface area contributed by atoms with E-state index in [1.54, 1.807) is 6.07 Å². The molecule has 18 heavy (non-hydrogen) atoms. The molecule has 3 N–H and O–H groups in total. The zero-order valence-electron chi connectivity index (χ0n) is 10.3. The van der Waals surface area contributed by atoms with E-state index in [1.165, 1.54) is 6.20 Å². The Morgan fingerprint density at radius 2 is 2.44 bits per heavy atom. The largest absolute Gasteiger partial charge is 0.317 e. The van der Waals surface area contributed by atoms with Crippen molar-refractivity contribution in [1.82, 2.24) is 9.97 Å². The summed E-state index contributed by atoms with van der Waals surface area (Å²) in [5, 5.41) is 2.82. The maximum absolute atomic E-state index is 12.2. The summed E-state index contributed by atoms with van der Waals surface area (Å²) in [6.07, 6.45) is 5.03. The van der Waals surface area contributed by atoms with Gasteiger partial charge in [-0.15, -0.1) is 0 Å². The molecule has 0 spiro atoms. The number of carbonyl (C=O) groups is 1. The molecule has 1 fully saturated rings. The van der Waals surface area contributed by atoms with E-state index in [-0.39, 0.29) is 11.2 Å². The minimum absolute atomic E-state index is 0.107. The first-order valence-corrected chi connectivity index (χ1v) is 6.46. The van der Waals surface area contributed by atoms with E-state index < -0.39 is 5.54 Å². The van der Waals surface area contributed by atoms with Gasteiger partial charge < -0.3 is 11.1 Å². The Kier molecular flexibility index (Phi) is 3.82. The summed E-state index contributed by atoms with van der Waals surface area (Å²) in [7, 11) is 0. The van der Waals surface area contributed by atoms with E-state index in [0.717, 1.165) is 12.8 Å². The Hall–Kier alpha value is -1.20. The number of nitrogens with one attached hydrogen (secondary N) is 1. The molecule has 1 aliphatic carbocycles. The van der Waals surface area contributed by atoms with Crippen molar-refractivity contribution in [1.29, 1.82) is 0 Å². The lowest BCUT2D eigenvalue weighted by atomic mass is 9.76. The van der Waals surface area contributed by atoms with Gasteiger partial charge in [0.15, 0.2) is 0 Å². The molecule has 0 bridgehead atoms. The Morgan fingerprint density at radius 3 is 3.11 bits per heavy atom. The van der Waals surface area contributed by atoms with Crippen LogP contribution in [-0.4, -0.2) is 21.4 Å². The number of anilines is 1. The fraction of sp³-hybridized carbons (Fsp3) is 0.583. The van der Waals surface area contributed by atoms with Gasteiger partial charge in [-0.2, -0.15) is 0 Å². The van der Waals surface area contributed by atoms with Gasteiger partial charge in [0.25, 0.3) is 0 Å². The molecule has 5 nitrogen and oxygen atoms in total. The third kappa shape index (κ3) is 2.97. The lowest BCUT2D eigenvalue weighted by Gasteiger charge is -2.35. The van der Waals surface area contributed by atoms with Gasteiger partial charge >= 0.3 is 0 Å². The maximum Gasteiger partial charge on any atom is 0.245 e. The van der Waals surface area contributed by atoms with Crippen LogP contribution in [-0.2, 0) is 4.79 Å². The lowest BCUT2D eigenvalue weighted by Crippen LogP contribution is -2.53. The van der Waals surface area contributed by atoms with Crippen molar-refractivity contribution in [3.05, 3.63) is 17.5 Å². The maximum atomic E-state index is 12.2. The zero-order chi connectivity index (χ0) is 13.2. The summed E-state index contributed by atoms with van der Waals surface area (Å²) < 4.78 is 0. The minimum Gasteiger partial charge on any atom is -0.317 e. The summed E-state index contributed by atoms with van der Waals surface area (Å²) in [5.74, 6) is 0.676. The average Bonchev–Trinajstić information content (AvgIpc) is 2.28. The number of amides is 1. The number of rotatable bonds is 2. The van der Waals surface area contributed by atoms with Gasteiger partial charge in [-0.1, -0.05) is 19.8 Å². The molecule has 2 atom stereocenters. The van der Waals surface area contributed by atoms with Crippen molar-refractivity contribution in [2.75, 3.05) is 5.32 Å². The number of nitrogens with zero attached hydrogens (tertiary/aromatic N) is 2. The number of carbonyl (C=O) groups excluding carboxylic acids is 1. The van der Waals surface area contributed by atoms with E-state index in [2.05, 4.69) is 22.2 Å². The van der Waals surface area contributed by atoms with Gasteiger partial charge in [0.05, 0.1) is 5.54 Å². The van der Waals surface area contributed by atoms with Gasteiger partial charge in [-0.25, -0.2) is 9.97 Å². The Balaban J connectivity index is 2.07. The SMILES string of the molecule is CC1CCCC(N)(C(=O)Nc2ccnc(Cl)n2)C1. The third-order valence-corrected chi connectivity index (χ3v) is 3.53. The Morgan fingerprint density at radius 1 is 1.67 bits per heavy atom. The number of aromatic nitrogens is 2. The number of hydrogen-bond acceptors (Lipinski definition) is 4. The zero-order valence-corrected chi connectivity index (χ0v) is 11.1. The van der Waals surface area contributed by atoms with Gasteiger partial charge in [0.1, 0.15) is 5.82 Å². The van der Waals surface area contributed by atoms with Crippen LogP contribution in [0.5, 0.6) is 0 Å². The summed E-state index contributed by atoms with van der Waals surface area (Å²) in [6.45, 7) is 2.12. The van der Waals surface area contributed by atoms with Gasteiger partial charge in [0, 0.05) is 6.20 Å². The monoisotopic (exact) mass is 268 g/mol. The highest BCUT2D eigenvalue weighted by molar-refractivity contribution is 6.28. The first-order chi connectivity index (χ1) is 8.49. The molecule has 0 saturated heterocycles. The fourth-order valence-electron chi connectivity index (χ4n) is 2.44. The standard InChI is InChI=1S/C12H17ClN4O/c1-8-3-2-5-12(14,7-8)10(18)16-9-4-6-15-11(13)17-9/h4,6,8H,2-3,5,7,14H2,1H3,(H,15,16,17,18). The number of halogens is 1. The molecule has 2 rings (SSSR count). The average molecular weight is 269 g/mol. The Labute approximate surface area is 111 Å². The molecule has 1 aromatic heterocycles. The molecule has 1 saturated carbocycles. The van der Waals surface area contributed by atoms with Crippen LogP contribution in [0.3, 0.4) is 0 Å². The van der Waals surface area contributed by atoms with Crippen LogP contribution in [0, 0.1) is 5.92 Å². The number of hydrogen-bond donors (Lipinski definition) is 2. The van der Waals surface area contributed by atoms with Crippen LogP contribution in [0.1, 0.15) is 32.6 Å². The highest BCUT2D eigenvalue weighted by atomic mass is 35.5. The van der Waals surface area contributed by atoms with Crippen LogP contribution in [0.25, 0.3) is 0 Å². The second-order valence-corrected chi connectivity index (χ2v) is 5.36. The first-order valence-electron chi connectivity index (χ1n) is 6.08. The summed E-state index contributed by atoms with van der Waals surface area (Å²) in [5.41, 5.74) is 5.39. The quantitative estimate of drug-likeness (QED) is 0.804. The topological polar surface area (TPSA) is 80.9 Å². The third-order valence-electron chi connectivity index (χ3n) is 3.35. The predicted octanol–water partition coefficient (Wildman–Crippen LogP) is 1.98. The van der Waals surface area contributed by atoms with E-state index in [9.17, 15) is 4.79 Å². The van der Waals surface area contributed by atoms with E-state index in [4.69, 9.17) is 17.3 Å². The van der Waals surface area contributed by atoms with Crippen LogP contribution in [0.2, 0.25) is 5.28 Å². The lowest BCUT2D eigenvalue weighted by molar-refractivity contribution is -0.122. The molecular formula is C12H17ClN4O. The van der Waals surface area contributed by atoms with Crippen molar-refractivity contribution < 1.29 is 4.79 Å². The molecule has 0 radical (unpaired) electrons. The second-order valence-electron chi connectivity index (χ2n) is 5.02. The van der Waals surface area contributed by atoms with Crippen molar-refractivity contribution in [2.24, 2.45) is 11.7 Å².